The lowest BCUT2D eigenvalue weighted by molar-refractivity contribution is 0.102. The van der Waals surface area contributed by atoms with Gasteiger partial charge in [-0.3, -0.25) is 14.2 Å². The van der Waals surface area contributed by atoms with Gasteiger partial charge in [-0.05, 0) is 74.4 Å². The molecule has 2 aliphatic heterocycles. The van der Waals surface area contributed by atoms with Crippen LogP contribution in [0.3, 0.4) is 0 Å². The van der Waals surface area contributed by atoms with E-state index in [-0.39, 0.29) is 17.1 Å². The van der Waals surface area contributed by atoms with Crippen LogP contribution >= 0.6 is 11.6 Å². The molecule has 2 saturated heterocycles. The summed E-state index contributed by atoms with van der Waals surface area (Å²) in [7, 11) is 4.47. The molecule has 1 spiro atoms. The fourth-order valence-electron chi connectivity index (χ4n) is 6.83. The Bertz CT molecular complexity index is 2070. The third-order valence-electron chi connectivity index (χ3n) is 9.59. The van der Waals surface area contributed by atoms with Crippen LogP contribution in [-0.2, 0) is 26.9 Å². The summed E-state index contributed by atoms with van der Waals surface area (Å²) in [6.45, 7) is 4.65. The Hall–Kier alpha value is -4.94. The molecule has 1 unspecified atom stereocenters. The second-order valence-corrected chi connectivity index (χ2v) is 13.1. The smallest absolute Gasteiger partial charge is 0.330 e. The molecule has 0 saturated carbocycles. The Balaban J connectivity index is 0.000000319. The number of hydrogen-bond donors (Lipinski definition) is 4. The van der Waals surface area contributed by atoms with E-state index in [2.05, 4.69) is 27.3 Å². The summed E-state index contributed by atoms with van der Waals surface area (Å²) >= 11 is 6.98. The van der Waals surface area contributed by atoms with Crippen LogP contribution in [-0.4, -0.2) is 58.3 Å². The molecule has 1 aliphatic carbocycles. The Morgan fingerprint density at radius 3 is 2.49 bits per heavy atom. The van der Waals surface area contributed by atoms with E-state index in [0.717, 1.165) is 89.8 Å². The summed E-state index contributed by atoms with van der Waals surface area (Å²) in [4.78, 5) is 53.3. The number of methoxy groups -OCH3 is 1. The van der Waals surface area contributed by atoms with Crippen LogP contribution in [0.1, 0.15) is 46.3 Å². The number of amides is 3. The number of urea groups is 1. The van der Waals surface area contributed by atoms with E-state index in [1.807, 2.05) is 37.3 Å². The molecule has 2 fully saturated rings. The first kappa shape index (κ1) is 33.9. The van der Waals surface area contributed by atoms with E-state index in [1.54, 1.807) is 13.2 Å². The molecule has 2 aromatic carbocycles. The highest BCUT2D eigenvalue weighted by Gasteiger charge is 2.37. The summed E-state index contributed by atoms with van der Waals surface area (Å²) in [6.07, 6.45) is 6.39. The zero-order chi connectivity index (χ0) is 34.9. The van der Waals surface area contributed by atoms with Crippen molar-refractivity contribution in [3.8, 4) is 28.3 Å². The molecule has 2 aromatic heterocycles. The fourth-order valence-corrected chi connectivity index (χ4v) is 7.16. The first-order valence-electron chi connectivity index (χ1n) is 16.3. The van der Waals surface area contributed by atoms with Crippen molar-refractivity contribution in [2.45, 2.75) is 44.6 Å². The van der Waals surface area contributed by atoms with Gasteiger partial charge in [0.1, 0.15) is 5.56 Å². The second kappa shape index (κ2) is 13.9. The molecule has 256 valence electrons. The number of carbonyl (C=O) groups excluding carboxylic acids is 2. The van der Waals surface area contributed by atoms with Crippen LogP contribution in [0, 0.1) is 6.92 Å². The molecule has 0 radical (unpaired) electrons. The molecule has 49 heavy (non-hydrogen) atoms. The van der Waals surface area contributed by atoms with Crippen molar-refractivity contribution in [1.29, 1.82) is 0 Å². The molecule has 3 aliphatic rings. The maximum atomic E-state index is 13.0. The van der Waals surface area contributed by atoms with Gasteiger partial charge in [0.05, 0.1) is 23.4 Å². The van der Waals surface area contributed by atoms with Crippen LogP contribution in [0.4, 0.5) is 10.5 Å². The minimum atomic E-state index is -0.660. The summed E-state index contributed by atoms with van der Waals surface area (Å²) in [5, 5.41) is 12.4. The molecule has 3 amide bonds. The van der Waals surface area contributed by atoms with Gasteiger partial charge in [0.2, 0.25) is 5.88 Å². The number of pyridine rings is 1. The van der Waals surface area contributed by atoms with Crippen LogP contribution in [0.2, 0.25) is 5.02 Å². The van der Waals surface area contributed by atoms with Crippen LogP contribution < -0.4 is 37.3 Å². The predicted octanol–water partition coefficient (Wildman–Crippen LogP) is 3.95. The molecular formula is C36H40ClN7O5. The number of carbonyl (C=O) groups is 2. The predicted molar refractivity (Wildman–Crippen MR) is 190 cm³/mol. The van der Waals surface area contributed by atoms with Crippen LogP contribution in [0.15, 0.2) is 58.3 Å². The van der Waals surface area contributed by atoms with Crippen LogP contribution in [0.25, 0.3) is 22.4 Å². The number of ether oxygens (including phenoxy) is 1. The van der Waals surface area contributed by atoms with E-state index in [9.17, 15) is 19.2 Å². The highest BCUT2D eigenvalue weighted by atomic mass is 35.5. The third kappa shape index (κ3) is 6.70. The topological polar surface area (TPSA) is 148 Å². The molecule has 0 bridgehead atoms. The summed E-state index contributed by atoms with van der Waals surface area (Å²) in [5.74, 6) is 0.0395. The van der Waals surface area contributed by atoms with E-state index in [1.165, 1.54) is 30.4 Å². The maximum absolute atomic E-state index is 13.0. The highest BCUT2D eigenvalue weighted by molar-refractivity contribution is 6.36. The number of aromatic nitrogens is 3. The molecule has 4 N–H and O–H groups in total. The number of nitrogens with one attached hydrogen (secondary N) is 4. The number of nitrogens with zero attached hydrogens (tertiary/aromatic N) is 3. The quantitative estimate of drug-likeness (QED) is 0.249. The average Bonchev–Trinajstić information content (AvgIpc) is 3.76. The number of rotatable bonds is 5. The lowest BCUT2D eigenvalue weighted by Gasteiger charge is -2.33. The van der Waals surface area contributed by atoms with Crippen molar-refractivity contribution < 1.29 is 14.3 Å². The number of anilines is 1. The zero-order valence-electron chi connectivity index (χ0n) is 28.0. The monoisotopic (exact) mass is 685 g/mol. The average molecular weight is 686 g/mol. The highest BCUT2D eigenvalue weighted by Crippen LogP contribution is 2.41. The Labute approximate surface area is 288 Å². The number of hydrogen-bond acceptors (Lipinski definition) is 7. The standard InChI is InChI=1S/C29H27ClN4O4.C7H13N3O/c1-16-18(9-7-13-23(16)31-26(35)22-15-33(2)29(37)34(3)28(22)36)20-11-6-12-21(25(20)30)24-14-17-8-5-10-19(17)27(32-24)38-4;11-6-9-4-2-7(10-6)1-3-8-5-7/h6-7,9,11-15H,5,8,10H2,1-4H3,(H,31,35);8H,1-5H2,(H2,9,10,11). The minimum Gasteiger partial charge on any atom is -0.481 e. The van der Waals surface area contributed by atoms with Gasteiger partial charge in [-0.1, -0.05) is 41.9 Å². The summed E-state index contributed by atoms with van der Waals surface area (Å²) in [6, 6.07) is 13.4. The Morgan fingerprint density at radius 2 is 1.76 bits per heavy atom. The number of aryl methyl sites for hydroxylation is 2. The molecule has 1 atom stereocenters. The number of benzene rings is 2. The maximum Gasteiger partial charge on any atom is 0.330 e. The van der Waals surface area contributed by atoms with Gasteiger partial charge in [0.25, 0.3) is 11.5 Å². The lowest BCUT2D eigenvalue weighted by Crippen LogP contribution is -2.59. The van der Waals surface area contributed by atoms with Crippen molar-refractivity contribution in [2.75, 3.05) is 32.1 Å². The lowest BCUT2D eigenvalue weighted by atomic mass is 9.93. The molecule has 12 nitrogen and oxygen atoms in total. The van der Waals surface area contributed by atoms with Crippen molar-refractivity contribution in [2.24, 2.45) is 14.1 Å². The SMILES string of the molecule is COc1nc(-c2cccc(-c3cccc(NC(=O)c4cn(C)c(=O)n(C)c4=O)c3C)c2Cl)cc2c1CCC2.O=C1NCCC2(CCNC2)N1. The minimum absolute atomic E-state index is 0.0139. The second-order valence-electron chi connectivity index (χ2n) is 12.7. The first-order valence-corrected chi connectivity index (χ1v) is 16.7. The van der Waals surface area contributed by atoms with Gasteiger partial charge in [0, 0.05) is 55.8 Å². The van der Waals surface area contributed by atoms with E-state index in [0.29, 0.717) is 16.6 Å². The van der Waals surface area contributed by atoms with Crippen LogP contribution in [0.5, 0.6) is 5.88 Å². The van der Waals surface area contributed by atoms with Crippen molar-refractivity contribution in [3.05, 3.63) is 96.8 Å². The van der Waals surface area contributed by atoms with Gasteiger partial charge < -0.3 is 30.6 Å². The number of halogens is 1. The molecular weight excluding hydrogens is 646 g/mol. The van der Waals surface area contributed by atoms with Crippen molar-refractivity contribution in [3.63, 3.8) is 0 Å². The summed E-state index contributed by atoms with van der Waals surface area (Å²) < 4.78 is 7.68. The largest absolute Gasteiger partial charge is 0.481 e. The molecule has 7 rings (SSSR count). The van der Waals surface area contributed by atoms with E-state index in [4.69, 9.17) is 21.3 Å². The van der Waals surface area contributed by atoms with Gasteiger partial charge in [-0.25, -0.2) is 14.6 Å². The van der Waals surface area contributed by atoms with Crippen molar-refractivity contribution in [1.82, 2.24) is 30.1 Å². The third-order valence-corrected chi connectivity index (χ3v) is 10.0. The molecule has 4 aromatic rings. The molecule has 13 heteroatoms. The zero-order valence-corrected chi connectivity index (χ0v) is 28.8. The normalized spacial score (nSPS) is 17.9. The van der Waals surface area contributed by atoms with Gasteiger partial charge in [-0.15, -0.1) is 0 Å². The molecule has 4 heterocycles. The van der Waals surface area contributed by atoms with E-state index >= 15 is 0 Å². The summed E-state index contributed by atoms with van der Waals surface area (Å²) in [5.41, 5.74) is 5.65. The van der Waals surface area contributed by atoms with Crippen molar-refractivity contribution >= 4 is 29.2 Å². The Morgan fingerprint density at radius 1 is 1.02 bits per heavy atom. The Kier molecular flexibility index (Phi) is 9.62. The number of fused-ring (bicyclic) bond motifs is 1. The first-order chi connectivity index (χ1) is 23.5. The van der Waals surface area contributed by atoms with Gasteiger partial charge in [0.15, 0.2) is 0 Å². The van der Waals surface area contributed by atoms with E-state index < -0.39 is 17.2 Å². The van der Waals surface area contributed by atoms with Gasteiger partial charge in [-0.2, -0.15) is 0 Å². The fraction of sp³-hybridized carbons (Fsp3) is 0.361. The van der Waals surface area contributed by atoms with Gasteiger partial charge >= 0.3 is 11.7 Å².